The topological polar surface area (TPSA) is 102 Å². The third-order valence-corrected chi connectivity index (χ3v) is 9.18. The largest absolute Gasteiger partial charge is 0.450 e. The zero-order chi connectivity index (χ0) is 27.8. The molecule has 6 aromatic rings. The minimum absolute atomic E-state index is 0.626. The van der Waals surface area contributed by atoms with E-state index in [-0.39, 0.29) is 0 Å². The number of anilines is 2. The predicted octanol–water partition coefficient (Wildman–Crippen LogP) is 5.20. The van der Waals surface area contributed by atoms with Crippen molar-refractivity contribution in [2.75, 3.05) is 38.1 Å². The summed E-state index contributed by atoms with van der Waals surface area (Å²) in [5.74, 6) is 3.08. The summed E-state index contributed by atoms with van der Waals surface area (Å²) in [6.07, 6.45) is 8.81. The van der Waals surface area contributed by atoms with E-state index in [9.17, 15) is 0 Å². The summed E-state index contributed by atoms with van der Waals surface area (Å²) >= 11 is 0. The zero-order valence-corrected chi connectivity index (χ0v) is 23.2. The summed E-state index contributed by atoms with van der Waals surface area (Å²) in [7, 11) is 2.24. The predicted molar refractivity (Wildman–Crippen MR) is 162 cm³/mol. The Morgan fingerprint density at radius 3 is 1.88 bits per heavy atom. The lowest BCUT2D eigenvalue weighted by Crippen LogP contribution is -2.46. The molecule has 7 heterocycles. The van der Waals surface area contributed by atoms with Gasteiger partial charge < -0.3 is 14.5 Å². The molecular formula is C32H29N9O. The Kier molecular flexibility index (Phi) is 5.17. The van der Waals surface area contributed by atoms with E-state index in [0.29, 0.717) is 12.1 Å². The van der Waals surface area contributed by atoms with E-state index in [1.54, 1.807) is 0 Å². The number of hydrogen-bond acceptors (Lipinski definition) is 8. The Labute approximate surface area is 241 Å². The van der Waals surface area contributed by atoms with E-state index in [1.165, 1.54) is 6.42 Å². The molecule has 10 nitrogen and oxygen atoms in total. The van der Waals surface area contributed by atoms with Crippen LogP contribution in [0.2, 0.25) is 0 Å². The van der Waals surface area contributed by atoms with Crippen molar-refractivity contribution in [3.05, 3.63) is 73.3 Å². The van der Waals surface area contributed by atoms with Gasteiger partial charge in [0, 0.05) is 72.6 Å². The van der Waals surface area contributed by atoms with E-state index < -0.39 is 0 Å². The summed E-state index contributed by atoms with van der Waals surface area (Å²) in [6, 6.07) is 18.0. The molecule has 2 saturated heterocycles. The fourth-order valence-corrected chi connectivity index (χ4v) is 6.87. The maximum atomic E-state index is 6.59. The van der Waals surface area contributed by atoms with Gasteiger partial charge in [0.05, 0.1) is 23.4 Å². The molecule has 0 spiro atoms. The molecule has 0 saturated carbocycles. The van der Waals surface area contributed by atoms with Gasteiger partial charge in [-0.2, -0.15) is 10.2 Å². The van der Waals surface area contributed by atoms with Gasteiger partial charge >= 0.3 is 0 Å². The zero-order valence-electron chi connectivity index (χ0n) is 23.2. The van der Waals surface area contributed by atoms with E-state index in [0.717, 1.165) is 93.4 Å². The highest BCUT2D eigenvalue weighted by Crippen LogP contribution is 2.47. The van der Waals surface area contributed by atoms with Crippen molar-refractivity contribution >= 4 is 33.4 Å². The van der Waals surface area contributed by atoms with Gasteiger partial charge in [0.1, 0.15) is 0 Å². The molecule has 208 valence electrons. The van der Waals surface area contributed by atoms with Crippen LogP contribution < -0.4 is 9.64 Å². The van der Waals surface area contributed by atoms with Gasteiger partial charge in [-0.25, -0.2) is 9.97 Å². The van der Waals surface area contributed by atoms with Gasteiger partial charge in [0.2, 0.25) is 0 Å². The van der Waals surface area contributed by atoms with Gasteiger partial charge in [-0.3, -0.25) is 15.1 Å². The average Bonchev–Trinajstić information content (AvgIpc) is 3.82. The number of H-pyrrole nitrogens is 2. The van der Waals surface area contributed by atoms with Crippen molar-refractivity contribution < 1.29 is 4.74 Å². The Morgan fingerprint density at radius 1 is 0.714 bits per heavy atom. The fraction of sp³-hybridized carbons (Fsp3) is 0.250. The highest BCUT2D eigenvalue weighted by atomic mass is 16.5. The van der Waals surface area contributed by atoms with E-state index in [4.69, 9.17) is 14.7 Å². The quantitative estimate of drug-likeness (QED) is 0.300. The SMILES string of the molecule is CN1C[C@H]2C[C@@H]1CN2CCN1c2ncc(-c3ccc4[nH]ncc4c3)cc2Oc2cc(-c3ccc4[nH]ncc4c3)cnc21. The minimum Gasteiger partial charge on any atom is -0.450 e. The van der Waals surface area contributed by atoms with Gasteiger partial charge in [-0.15, -0.1) is 0 Å². The second-order valence-corrected chi connectivity index (χ2v) is 11.7. The van der Waals surface area contributed by atoms with Gasteiger partial charge in [-0.1, -0.05) is 12.1 Å². The van der Waals surface area contributed by atoms with Crippen LogP contribution in [0.5, 0.6) is 11.5 Å². The molecule has 2 N–H and O–H groups in total. The molecule has 0 radical (unpaired) electrons. The monoisotopic (exact) mass is 555 g/mol. The minimum atomic E-state index is 0.626. The molecular weight excluding hydrogens is 526 g/mol. The lowest BCUT2D eigenvalue weighted by molar-refractivity contribution is 0.152. The molecule has 4 aromatic heterocycles. The first-order chi connectivity index (χ1) is 20.7. The standard InChI is InChI=1S/C32H29N9O/c1-39-17-26-12-25(39)18-40(26)6-7-41-31-29(10-21(13-33-31)19-2-4-27-23(8-19)15-35-37-27)42-30-11-22(14-34-32(30)41)20-3-5-28-24(9-20)16-36-38-28/h2-5,8-11,13-16,25-26H,6-7,12,17-18H2,1H3,(H,35,37)(H,36,38)/t25-,26-/m1/s1. The Bertz CT molecular complexity index is 1850. The van der Waals surface area contributed by atoms with Gasteiger partial charge in [0.15, 0.2) is 23.1 Å². The number of benzene rings is 2. The van der Waals surface area contributed by atoms with Crippen LogP contribution in [0.4, 0.5) is 11.6 Å². The third-order valence-electron chi connectivity index (χ3n) is 9.18. The summed E-state index contributed by atoms with van der Waals surface area (Å²) in [4.78, 5) is 17.3. The molecule has 2 fully saturated rings. The Balaban J connectivity index is 1.09. The molecule has 2 bridgehead atoms. The second-order valence-electron chi connectivity index (χ2n) is 11.7. The van der Waals surface area contributed by atoms with Crippen LogP contribution in [0.3, 0.4) is 0 Å². The molecule has 3 aliphatic rings. The molecule has 0 amide bonds. The molecule has 3 aliphatic heterocycles. The first kappa shape index (κ1) is 23.9. The number of fused-ring (bicyclic) bond motifs is 6. The maximum absolute atomic E-state index is 6.59. The third kappa shape index (κ3) is 3.79. The number of aromatic nitrogens is 6. The number of nitrogens with zero attached hydrogens (tertiary/aromatic N) is 7. The molecule has 42 heavy (non-hydrogen) atoms. The van der Waals surface area contributed by atoms with Crippen LogP contribution in [0.1, 0.15) is 6.42 Å². The number of ether oxygens (including phenoxy) is 1. The van der Waals surface area contributed by atoms with E-state index >= 15 is 0 Å². The van der Waals surface area contributed by atoms with Crippen molar-refractivity contribution in [1.29, 1.82) is 0 Å². The van der Waals surface area contributed by atoms with Crippen LogP contribution in [-0.2, 0) is 0 Å². The van der Waals surface area contributed by atoms with E-state index in [2.05, 4.69) is 78.5 Å². The highest BCUT2D eigenvalue weighted by molar-refractivity contribution is 5.86. The summed E-state index contributed by atoms with van der Waals surface area (Å²) in [5.41, 5.74) is 6.14. The number of likely N-dealkylation sites (N-methyl/N-ethyl adjacent to an activating group) is 1. The molecule has 2 atom stereocenters. The number of likely N-dealkylation sites (tertiary alicyclic amines) is 2. The van der Waals surface area contributed by atoms with E-state index in [1.807, 2.05) is 36.9 Å². The van der Waals surface area contributed by atoms with Gasteiger partial charge in [-0.05, 0) is 61.0 Å². The lowest BCUT2D eigenvalue weighted by Gasteiger charge is -2.35. The maximum Gasteiger partial charge on any atom is 0.177 e. The van der Waals surface area contributed by atoms with Crippen LogP contribution in [-0.4, -0.2) is 85.5 Å². The van der Waals surface area contributed by atoms with Crippen molar-refractivity contribution in [3.63, 3.8) is 0 Å². The normalized spacial score (nSPS) is 19.9. The highest BCUT2D eigenvalue weighted by Gasteiger charge is 2.41. The smallest absolute Gasteiger partial charge is 0.177 e. The van der Waals surface area contributed by atoms with Gasteiger partial charge in [0.25, 0.3) is 0 Å². The van der Waals surface area contributed by atoms with Crippen molar-refractivity contribution in [2.24, 2.45) is 0 Å². The van der Waals surface area contributed by atoms with Crippen LogP contribution >= 0.6 is 0 Å². The van der Waals surface area contributed by atoms with Crippen molar-refractivity contribution in [3.8, 4) is 33.8 Å². The number of aromatic amines is 2. The van der Waals surface area contributed by atoms with Crippen molar-refractivity contribution in [2.45, 2.75) is 18.5 Å². The number of pyridine rings is 2. The lowest BCUT2D eigenvalue weighted by atomic mass is 10.0. The van der Waals surface area contributed by atoms with Crippen molar-refractivity contribution in [1.82, 2.24) is 40.2 Å². The van der Waals surface area contributed by atoms with Crippen LogP contribution in [0.15, 0.2) is 73.3 Å². The summed E-state index contributed by atoms with van der Waals surface area (Å²) in [6.45, 7) is 4.01. The molecule has 0 unspecified atom stereocenters. The Hall–Kier alpha value is -4.80. The molecule has 9 rings (SSSR count). The second kappa shape index (κ2) is 9.10. The number of piperazine rings is 1. The van der Waals surface area contributed by atoms with Crippen LogP contribution in [0.25, 0.3) is 44.1 Å². The summed E-state index contributed by atoms with van der Waals surface area (Å²) < 4.78 is 6.59. The summed E-state index contributed by atoms with van der Waals surface area (Å²) in [5, 5.41) is 16.5. The Morgan fingerprint density at radius 2 is 1.33 bits per heavy atom. The number of nitrogens with one attached hydrogen (secondary N) is 2. The van der Waals surface area contributed by atoms with Crippen LogP contribution in [0, 0.1) is 0 Å². The molecule has 10 heteroatoms. The first-order valence-corrected chi connectivity index (χ1v) is 14.4. The fourth-order valence-electron chi connectivity index (χ4n) is 6.87. The molecule has 0 aliphatic carbocycles. The first-order valence-electron chi connectivity index (χ1n) is 14.4. The average molecular weight is 556 g/mol. The molecule has 2 aromatic carbocycles. The number of hydrogen-bond donors (Lipinski definition) is 2. The number of rotatable bonds is 5.